The quantitative estimate of drug-likeness (QED) is 0.813. The number of para-hydroxylation sites is 1. The number of rotatable bonds is 5. The van der Waals surface area contributed by atoms with Gasteiger partial charge in [-0.2, -0.15) is 0 Å². The highest BCUT2D eigenvalue weighted by Crippen LogP contribution is 2.35. The van der Waals surface area contributed by atoms with E-state index in [4.69, 9.17) is 9.47 Å². The molecule has 0 radical (unpaired) electrons. The van der Waals surface area contributed by atoms with Gasteiger partial charge < -0.3 is 14.8 Å². The van der Waals surface area contributed by atoms with Crippen molar-refractivity contribution < 1.29 is 9.47 Å². The number of benzene rings is 1. The molecule has 1 fully saturated rings. The van der Waals surface area contributed by atoms with E-state index in [1.807, 2.05) is 6.07 Å². The van der Waals surface area contributed by atoms with Gasteiger partial charge in [-0.25, -0.2) is 0 Å². The first-order valence-electron chi connectivity index (χ1n) is 6.74. The van der Waals surface area contributed by atoms with Gasteiger partial charge in [-0.05, 0) is 43.0 Å². The lowest BCUT2D eigenvalue weighted by atomic mass is 9.82. The molecule has 0 aliphatic carbocycles. The molecular weight excluding hydrogens is 226 g/mol. The summed E-state index contributed by atoms with van der Waals surface area (Å²) in [6.07, 6.45) is 1.19. The molecule has 1 saturated heterocycles. The Morgan fingerprint density at radius 2 is 2.11 bits per heavy atom. The number of hydrogen-bond acceptors (Lipinski definition) is 3. The lowest BCUT2D eigenvalue weighted by molar-refractivity contribution is 0.145. The van der Waals surface area contributed by atoms with Crippen molar-refractivity contribution in [2.45, 2.75) is 19.3 Å². The first kappa shape index (κ1) is 13.4. The summed E-state index contributed by atoms with van der Waals surface area (Å²) in [7, 11) is 1.70. The fraction of sp³-hybridized carbons (Fsp3) is 0.600. The van der Waals surface area contributed by atoms with Gasteiger partial charge in [0.25, 0.3) is 0 Å². The van der Waals surface area contributed by atoms with E-state index in [1.165, 1.54) is 12.0 Å². The Morgan fingerprint density at radius 1 is 1.28 bits per heavy atom. The Labute approximate surface area is 109 Å². The van der Waals surface area contributed by atoms with Gasteiger partial charge in [-0.15, -0.1) is 0 Å². The van der Waals surface area contributed by atoms with E-state index < -0.39 is 0 Å². The zero-order valence-corrected chi connectivity index (χ0v) is 11.3. The monoisotopic (exact) mass is 249 g/mol. The van der Waals surface area contributed by atoms with Crippen LogP contribution in [0, 0.1) is 5.92 Å². The average Bonchev–Trinajstić information content (AvgIpc) is 2.40. The number of nitrogens with one attached hydrogen (secondary N) is 1. The van der Waals surface area contributed by atoms with Crippen LogP contribution in [0.25, 0.3) is 0 Å². The van der Waals surface area contributed by atoms with E-state index >= 15 is 0 Å². The van der Waals surface area contributed by atoms with Crippen LogP contribution in [-0.4, -0.2) is 33.4 Å². The average molecular weight is 249 g/mol. The zero-order chi connectivity index (χ0) is 12.8. The molecule has 1 aliphatic rings. The number of piperidine rings is 1. The number of ether oxygens (including phenoxy) is 2. The SMILES string of the molecule is COCCOc1ccccc1C1CCNCC1C. The van der Waals surface area contributed by atoms with Gasteiger partial charge in [0, 0.05) is 7.11 Å². The minimum absolute atomic E-state index is 0.602. The first-order chi connectivity index (χ1) is 8.83. The summed E-state index contributed by atoms with van der Waals surface area (Å²) in [6, 6.07) is 8.42. The molecule has 2 unspecified atom stereocenters. The van der Waals surface area contributed by atoms with Crippen LogP contribution in [0.5, 0.6) is 5.75 Å². The molecule has 0 amide bonds. The molecule has 1 aromatic rings. The van der Waals surface area contributed by atoms with Crippen molar-refractivity contribution in [1.29, 1.82) is 0 Å². The third-order valence-corrected chi connectivity index (χ3v) is 3.65. The van der Waals surface area contributed by atoms with E-state index in [1.54, 1.807) is 7.11 Å². The van der Waals surface area contributed by atoms with Crippen LogP contribution in [0.4, 0.5) is 0 Å². The molecule has 100 valence electrons. The molecule has 0 bridgehead atoms. The predicted molar refractivity (Wildman–Crippen MR) is 73.2 cm³/mol. The summed E-state index contributed by atoms with van der Waals surface area (Å²) in [5.74, 6) is 2.28. The largest absolute Gasteiger partial charge is 0.491 e. The van der Waals surface area contributed by atoms with Crippen LogP contribution < -0.4 is 10.1 Å². The zero-order valence-electron chi connectivity index (χ0n) is 11.3. The Kier molecular flexibility index (Phi) is 5.02. The Bertz CT molecular complexity index is 367. The summed E-state index contributed by atoms with van der Waals surface area (Å²) in [5, 5.41) is 3.45. The van der Waals surface area contributed by atoms with E-state index in [2.05, 4.69) is 30.4 Å². The highest BCUT2D eigenvalue weighted by Gasteiger charge is 2.24. The Hall–Kier alpha value is -1.06. The first-order valence-corrected chi connectivity index (χ1v) is 6.74. The molecular formula is C15H23NO2. The lowest BCUT2D eigenvalue weighted by Crippen LogP contribution is -2.33. The van der Waals surface area contributed by atoms with Gasteiger partial charge in [0.1, 0.15) is 12.4 Å². The second kappa shape index (κ2) is 6.76. The summed E-state index contributed by atoms with van der Waals surface area (Å²) in [5.41, 5.74) is 1.35. The fourth-order valence-electron chi connectivity index (χ4n) is 2.63. The summed E-state index contributed by atoms with van der Waals surface area (Å²) >= 11 is 0. The minimum atomic E-state index is 0.602. The maximum Gasteiger partial charge on any atom is 0.122 e. The molecule has 2 rings (SSSR count). The van der Waals surface area contributed by atoms with E-state index in [0.29, 0.717) is 25.0 Å². The van der Waals surface area contributed by atoms with Gasteiger partial charge in [0.2, 0.25) is 0 Å². The smallest absolute Gasteiger partial charge is 0.122 e. The second-order valence-electron chi connectivity index (χ2n) is 4.96. The second-order valence-corrected chi connectivity index (χ2v) is 4.96. The van der Waals surface area contributed by atoms with Crippen molar-refractivity contribution in [3.63, 3.8) is 0 Å². The molecule has 3 nitrogen and oxygen atoms in total. The van der Waals surface area contributed by atoms with Crippen molar-refractivity contribution >= 4 is 0 Å². The topological polar surface area (TPSA) is 30.5 Å². The third-order valence-electron chi connectivity index (χ3n) is 3.65. The van der Waals surface area contributed by atoms with E-state index in [9.17, 15) is 0 Å². The van der Waals surface area contributed by atoms with Crippen LogP contribution in [0.3, 0.4) is 0 Å². The highest BCUT2D eigenvalue weighted by molar-refractivity contribution is 5.37. The van der Waals surface area contributed by atoms with E-state index in [-0.39, 0.29) is 0 Å². The lowest BCUT2D eigenvalue weighted by Gasteiger charge is -2.31. The molecule has 3 heteroatoms. The molecule has 2 atom stereocenters. The molecule has 0 saturated carbocycles. The van der Waals surface area contributed by atoms with Gasteiger partial charge in [-0.1, -0.05) is 25.1 Å². The molecule has 0 aromatic heterocycles. The summed E-state index contributed by atoms with van der Waals surface area (Å²) in [4.78, 5) is 0. The van der Waals surface area contributed by atoms with Gasteiger partial charge in [0.15, 0.2) is 0 Å². The van der Waals surface area contributed by atoms with E-state index in [0.717, 1.165) is 18.8 Å². The van der Waals surface area contributed by atoms with Crippen LogP contribution in [0.2, 0.25) is 0 Å². The number of hydrogen-bond donors (Lipinski definition) is 1. The molecule has 1 aliphatic heterocycles. The maximum atomic E-state index is 5.83. The van der Waals surface area contributed by atoms with Gasteiger partial charge in [-0.3, -0.25) is 0 Å². The molecule has 1 aromatic carbocycles. The summed E-state index contributed by atoms with van der Waals surface area (Å²) < 4.78 is 10.9. The molecule has 1 N–H and O–H groups in total. The van der Waals surface area contributed by atoms with Crippen molar-refractivity contribution in [2.24, 2.45) is 5.92 Å². The molecule has 0 spiro atoms. The van der Waals surface area contributed by atoms with Gasteiger partial charge >= 0.3 is 0 Å². The Morgan fingerprint density at radius 3 is 2.89 bits per heavy atom. The van der Waals surface area contributed by atoms with Crippen LogP contribution in [0.15, 0.2) is 24.3 Å². The maximum absolute atomic E-state index is 5.83. The summed E-state index contributed by atoms with van der Waals surface area (Å²) in [6.45, 7) is 5.75. The fourth-order valence-corrected chi connectivity index (χ4v) is 2.63. The third kappa shape index (κ3) is 3.24. The minimum Gasteiger partial charge on any atom is -0.491 e. The van der Waals surface area contributed by atoms with Crippen LogP contribution >= 0.6 is 0 Å². The standard InChI is InChI=1S/C15H23NO2/c1-12-11-16-8-7-13(12)14-5-3-4-6-15(14)18-10-9-17-2/h3-6,12-13,16H,7-11H2,1-2H3. The number of methoxy groups -OCH3 is 1. The van der Waals surface area contributed by atoms with Crippen molar-refractivity contribution in [3.8, 4) is 5.75 Å². The Balaban J connectivity index is 2.10. The molecule has 18 heavy (non-hydrogen) atoms. The van der Waals surface area contributed by atoms with Crippen molar-refractivity contribution in [3.05, 3.63) is 29.8 Å². The van der Waals surface area contributed by atoms with Crippen LogP contribution in [-0.2, 0) is 4.74 Å². The van der Waals surface area contributed by atoms with Gasteiger partial charge in [0.05, 0.1) is 6.61 Å². The molecule has 1 heterocycles. The normalized spacial score (nSPS) is 23.9. The van der Waals surface area contributed by atoms with Crippen molar-refractivity contribution in [2.75, 3.05) is 33.4 Å². The van der Waals surface area contributed by atoms with Crippen LogP contribution in [0.1, 0.15) is 24.8 Å². The predicted octanol–water partition coefficient (Wildman–Crippen LogP) is 2.42. The van der Waals surface area contributed by atoms with Crippen molar-refractivity contribution in [1.82, 2.24) is 5.32 Å². The highest BCUT2D eigenvalue weighted by atomic mass is 16.5.